The van der Waals surface area contributed by atoms with E-state index in [1.165, 1.54) is 25.9 Å². The Morgan fingerprint density at radius 2 is 1.76 bits per heavy atom. The zero-order chi connectivity index (χ0) is 13.3. The molecule has 1 aliphatic rings. The minimum Gasteiger partial charge on any atom is -0.309 e. The zero-order valence-corrected chi connectivity index (χ0v) is 13.0. The second-order valence-corrected chi connectivity index (χ2v) is 7.81. The van der Waals surface area contributed by atoms with Crippen LogP contribution in [0.3, 0.4) is 0 Å². The molecular weight excluding hydrogens is 208 g/mol. The van der Waals surface area contributed by atoms with Crippen LogP contribution in [0.15, 0.2) is 0 Å². The van der Waals surface area contributed by atoms with Crippen molar-refractivity contribution in [2.24, 2.45) is 5.41 Å². The minimum atomic E-state index is 0.299. The normalized spacial score (nSPS) is 28.4. The Bertz CT molecular complexity index is 252. The van der Waals surface area contributed by atoms with Crippen LogP contribution in [0, 0.1) is 5.41 Å². The van der Waals surface area contributed by atoms with Crippen LogP contribution in [0.5, 0.6) is 0 Å². The van der Waals surface area contributed by atoms with Gasteiger partial charge in [0.25, 0.3) is 0 Å². The molecule has 0 saturated carbocycles. The molecule has 2 nitrogen and oxygen atoms in total. The Kier molecular flexibility index (Phi) is 4.31. The number of rotatable bonds is 3. The average Bonchev–Trinajstić information content (AvgIpc) is 2.14. The standard InChI is InChI=1S/C15H32N2/c1-8-15(7)12-17(10-9-16-15)14(5,6)11-13(2,3)4/h16H,8-12H2,1-7H3. The Labute approximate surface area is 108 Å². The van der Waals surface area contributed by atoms with Crippen molar-refractivity contribution in [3.63, 3.8) is 0 Å². The predicted molar refractivity (Wildman–Crippen MR) is 76.4 cm³/mol. The van der Waals surface area contributed by atoms with Gasteiger partial charge in [-0.15, -0.1) is 0 Å². The molecule has 2 heteroatoms. The van der Waals surface area contributed by atoms with Crippen molar-refractivity contribution in [1.82, 2.24) is 10.2 Å². The van der Waals surface area contributed by atoms with Gasteiger partial charge in [0.1, 0.15) is 0 Å². The van der Waals surface area contributed by atoms with E-state index >= 15 is 0 Å². The van der Waals surface area contributed by atoms with E-state index in [1.54, 1.807) is 0 Å². The van der Waals surface area contributed by atoms with Crippen molar-refractivity contribution in [1.29, 1.82) is 0 Å². The fourth-order valence-corrected chi connectivity index (χ4v) is 3.21. The zero-order valence-electron chi connectivity index (χ0n) is 13.0. The third kappa shape index (κ3) is 4.26. The van der Waals surface area contributed by atoms with Crippen LogP contribution in [0.25, 0.3) is 0 Å². The summed E-state index contributed by atoms with van der Waals surface area (Å²) < 4.78 is 0. The van der Waals surface area contributed by atoms with E-state index < -0.39 is 0 Å². The molecule has 1 unspecified atom stereocenters. The second kappa shape index (κ2) is 4.89. The quantitative estimate of drug-likeness (QED) is 0.814. The van der Waals surface area contributed by atoms with Crippen molar-refractivity contribution >= 4 is 0 Å². The van der Waals surface area contributed by atoms with E-state index in [2.05, 4.69) is 58.7 Å². The number of hydrogen-bond donors (Lipinski definition) is 1. The molecule has 0 amide bonds. The van der Waals surface area contributed by atoms with Gasteiger partial charge in [-0.05, 0) is 39.0 Å². The summed E-state index contributed by atoms with van der Waals surface area (Å²) in [5, 5.41) is 3.67. The first-order valence-electron chi connectivity index (χ1n) is 7.08. The molecule has 1 atom stereocenters. The summed E-state index contributed by atoms with van der Waals surface area (Å²) in [5.74, 6) is 0. The summed E-state index contributed by atoms with van der Waals surface area (Å²) in [6, 6.07) is 0. The minimum absolute atomic E-state index is 0.299. The summed E-state index contributed by atoms with van der Waals surface area (Å²) in [4.78, 5) is 2.68. The Balaban J connectivity index is 2.71. The highest BCUT2D eigenvalue weighted by Crippen LogP contribution is 2.33. The van der Waals surface area contributed by atoms with E-state index in [4.69, 9.17) is 0 Å². The van der Waals surface area contributed by atoms with Crippen molar-refractivity contribution in [2.45, 2.75) is 72.4 Å². The van der Waals surface area contributed by atoms with Gasteiger partial charge in [0.15, 0.2) is 0 Å². The molecule has 1 aliphatic heterocycles. The lowest BCUT2D eigenvalue weighted by molar-refractivity contribution is 0.0254. The number of nitrogens with one attached hydrogen (secondary N) is 1. The third-order valence-corrected chi connectivity index (χ3v) is 4.07. The smallest absolute Gasteiger partial charge is 0.0278 e. The van der Waals surface area contributed by atoms with Crippen LogP contribution in [0.1, 0.15) is 61.3 Å². The third-order valence-electron chi connectivity index (χ3n) is 4.07. The van der Waals surface area contributed by atoms with E-state index in [9.17, 15) is 0 Å². The fraction of sp³-hybridized carbons (Fsp3) is 1.00. The lowest BCUT2D eigenvalue weighted by atomic mass is 9.79. The highest BCUT2D eigenvalue weighted by atomic mass is 15.3. The van der Waals surface area contributed by atoms with Crippen LogP contribution >= 0.6 is 0 Å². The predicted octanol–water partition coefficient (Wildman–Crippen LogP) is 3.28. The van der Waals surface area contributed by atoms with Gasteiger partial charge in [0, 0.05) is 30.7 Å². The first-order valence-corrected chi connectivity index (χ1v) is 7.08. The first kappa shape index (κ1) is 15.0. The molecule has 1 heterocycles. The van der Waals surface area contributed by atoms with Gasteiger partial charge in [-0.1, -0.05) is 27.7 Å². The van der Waals surface area contributed by atoms with Crippen molar-refractivity contribution in [3.8, 4) is 0 Å². The molecule has 1 rings (SSSR count). The summed E-state index contributed by atoms with van der Waals surface area (Å²) in [6.07, 6.45) is 2.45. The maximum atomic E-state index is 3.67. The molecule has 102 valence electrons. The van der Waals surface area contributed by atoms with Crippen LogP contribution in [-0.2, 0) is 0 Å². The van der Waals surface area contributed by atoms with E-state index in [1.807, 2.05) is 0 Å². The van der Waals surface area contributed by atoms with Crippen LogP contribution in [0.2, 0.25) is 0 Å². The first-order chi connectivity index (χ1) is 7.58. The molecule has 1 saturated heterocycles. The Morgan fingerprint density at radius 1 is 1.18 bits per heavy atom. The lowest BCUT2D eigenvalue weighted by Gasteiger charge is -2.50. The van der Waals surface area contributed by atoms with Crippen LogP contribution < -0.4 is 5.32 Å². The lowest BCUT2D eigenvalue weighted by Crippen LogP contribution is -2.63. The molecule has 0 radical (unpaired) electrons. The molecule has 0 aromatic heterocycles. The molecule has 0 aromatic rings. The highest BCUT2D eigenvalue weighted by Gasteiger charge is 2.37. The monoisotopic (exact) mass is 240 g/mol. The summed E-state index contributed by atoms with van der Waals surface area (Å²) >= 11 is 0. The van der Waals surface area contributed by atoms with Gasteiger partial charge < -0.3 is 5.32 Å². The number of nitrogens with zero attached hydrogens (tertiary/aromatic N) is 1. The van der Waals surface area contributed by atoms with Crippen molar-refractivity contribution < 1.29 is 0 Å². The molecule has 17 heavy (non-hydrogen) atoms. The topological polar surface area (TPSA) is 15.3 Å². The Morgan fingerprint density at radius 3 is 2.24 bits per heavy atom. The highest BCUT2D eigenvalue weighted by molar-refractivity contribution is 4.96. The largest absolute Gasteiger partial charge is 0.309 e. The van der Waals surface area contributed by atoms with Gasteiger partial charge in [-0.2, -0.15) is 0 Å². The molecule has 1 fully saturated rings. The summed E-state index contributed by atoms with van der Waals surface area (Å²) in [6.45, 7) is 19.9. The van der Waals surface area contributed by atoms with Gasteiger partial charge in [-0.3, -0.25) is 4.90 Å². The van der Waals surface area contributed by atoms with Gasteiger partial charge in [0.2, 0.25) is 0 Å². The molecule has 0 bridgehead atoms. The average molecular weight is 240 g/mol. The summed E-state index contributed by atoms with van der Waals surface area (Å²) in [5.41, 5.74) is 1.00. The van der Waals surface area contributed by atoms with E-state index in [0.717, 1.165) is 6.54 Å². The van der Waals surface area contributed by atoms with Crippen LogP contribution in [0.4, 0.5) is 0 Å². The molecule has 1 N–H and O–H groups in total. The SMILES string of the molecule is CCC1(C)CN(C(C)(C)CC(C)(C)C)CCN1. The summed E-state index contributed by atoms with van der Waals surface area (Å²) in [7, 11) is 0. The van der Waals surface area contributed by atoms with E-state index in [0.29, 0.717) is 16.5 Å². The molecule has 0 spiro atoms. The van der Waals surface area contributed by atoms with Crippen LogP contribution in [-0.4, -0.2) is 35.6 Å². The Hall–Kier alpha value is -0.0800. The second-order valence-electron chi connectivity index (χ2n) is 7.81. The molecule has 0 aromatic carbocycles. The van der Waals surface area contributed by atoms with E-state index in [-0.39, 0.29) is 0 Å². The maximum absolute atomic E-state index is 3.67. The van der Waals surface area contributed by atoms with Gasteiger partial charge >= 0.3 is 0 Å². The number of piperazine rings is 1. The van der Waals surface area contributed by atoms with Crippen molar-refractivity contribution in [2.75, 3.05) is 19.6 Å². The van der Waals surface area contributed by atoms with Gasteiger partial charge in [-0.25, -0.2) is 0 Å². The molecular formula is C15H32N2. The fourth-order valence-electron chi connectivity index (χ4n) is 3.21. The number of hydrogen-bond acceptors (Lipinski definition) is 2. The maximum Gasteiger partial charge on any atom is 0.0278 e. The van der Waals surface area contributed by atoms with Crippen molar-refractivity contribution in [3.05, 3.63) is 0 Å². The van der Waals surface area contributed by atoms with Gasteiger partial charge in [0.05, 0.1) is 0 Å². The molecule has 0 aliphatic carbocycles.